The molecule has 0 aliphatic carbocycles. The Balaban J connectivity index is 1.68. The van der Waals surface area contributed by atoms with E-state index >= 15 is 0 Å². The lowest BCUT2D eigenvalue weighted by Crippen LogP contribution is -2.33. The van der Waals surface area contributed by atoms with Gasteiger partial charge >= 0.3 is 5.97 Å². The van der Waals surface area contributed by atoms with Crippen molar-refractivity contribution in [2.24, 2.45) is 0 Å². The lowest BCUT2D eigenvalue weighted by molar-refractivity contribution is -0.142. The smallest absolute Gasteiger partial charge is 0.310 e. The van der Waals surface area contributed by atoms with Gasteiger partial charge in [-0.3, -0.25) is 4.79 Å². The van der Waals surface area contributed by atoms with E-state index in [4.69, 9.17) is 16.3 Å². The molecule has 3 nitrogen and oxygen atoms in total. The molecular formula is C21H22ClF2NO2. The molecule has 0 saturated carbocycles. The van der Waals surface area contributed by atoms with Crippen LogP contribution in [0.1, 0.15) is 36.8 Å². The molecule has 144 valence electrons. The molecule has 0 spiro atoms. The van der Waals surface area contributed by atoms with Crippen LogP contribution in [0.25, 0.3) is 0 Å². The Morgan fingerprint density at radius 3 is 2.44 bits per heavy atom. The first-order valence-corrected chi connectivity index (χ1v) is 9.49. The maximum atomic E-state index is 14.5. The Hall–Kier alpha value is -2.14. The molecule has 0 atom stereocenters. The highest BCUT2D eigenvalue weighted by molar-refractivity contribution is 6.30. The molecule has 0 bridgehead atoms. The van der Waals surface area contributed by atoms with Crippen LogP contribution in [0.5, 0.6) is 0 Å². The van der Waals surface area contributed by atoms with Crippen molar-refractivity contribution in [2.45, 2.75) is 32.1 Å². The molecule has 1 aliphatic rings. The van der Waals surface area contributed by atoms with Gasteiger partial charge in [-0.05, 0) is 49.4 Å². The van der Waals surface area contributed by atoms with Gasteiger partial charge in [-0.15, -0.1) is 0 Å². The second-order valence-corrected chi connectivity index (χ2v) is 7.13. The van der Waals surface area contributed by atoms with E-state index < -0.39 is 17.6 Å². The topological polar surface area (TPSA) is 29.5 Å². The monoisotopic (exact) mass is 393 g/mol. The van der Waals surface area contributed by atoms with Crippen LogP contribution in [-0.4, -0.2) is 25.7 Å². The van der Waals surface area contributed by atoms with Gasteiger partial charge in [0.25, 0.3) is 0 Å². The molecule has 0 aromatic heterocycles. The second-order valence-electron chi connectivity index (χ2n) is 6.69. The van der Waals surface area contributed by atoms with Gasteiger partial charge in [0.1, 0.15) is 11.6 Å². The summed E-state index contributed by atoms with van der Waals surface area (Å²) < 4.78 is 33.7. The Bertz CT molecular complexity index is 803. The standard InChI is InChI=1S/C21H22ClF2NO2/c1-2-27-21(26)12-16-11-19(24)20(13-18(16)23)25-9-7-15(8-10-25)14-3-5-17(22)6-4-14/h3-6,11,13,15H,2,7-10,12H2,1H3. The molecule has 2 aromatic rings. The van der Waals surface area contributed by atoms with Crippen LogP contribution in [-0.2, 0) is 16.0 Å². The van der Waals surface area contributed by atoms with E-state index in [1.807, 2.05) is 29.2 Å². The number of nitrogens with zero attached hydrogens (tertiary/aromatic N) is 1. The molecular weight excluding hydrogens is 372 g/mol. The number of hydrogen-bond donors (Lipinski definition) is 0. The van der Waals surface area contributed by atoms with Gasteiger partial charge in [-0.1, -0.05) is 23.7 Å². The quantitative estimate of drug-likeness (QED) is 0.661. The fraction of sp³-hybridized carbons (Fsp3) is 0.381. The van der Waals surface area contributed by atoms with Crippen molar-refractivity contribution in [1.29, 1.82) is 0 Å². The van der Waals surface area contributed by atoms with Crippen LogP contribution in [0, 0.1) is 11.6 Å². The van der Waals surface area contributed by atoms with E-state index in [1.165, 1.54) is 11.6 Å². The molecule has 1 fully saturated rings. The fourth-order valence-corrected chi connectivity index (χ4v) is 3.64. The number of carbonyl (C=O) groups is 1. The normalized spacial score (nSPS) is 15.0. The number of benzene rings is 2. The number of hydrogen-bond acceptors (Lipinski definition) is 3. The Labute approximate surface area is 162 Å². The third-order valence-electron chi connectivity index (χ3n) is 4.93. The Kier molecular flexibility index (Phi) is 6.32. The van der Waals surface area contributed by atoms with Crippen molar-refractivity contribution in [3.8, 4) is 0 Å². The predicted molar refractivity (Wildman–Crippen MR) is 102 cm³/mol. The predicted octanol–water partition coefficient (Wildman–Crippen LogP) is 5.11. The number of rotatable bonds is 5. The van der Waals surface area contributed by atoms with Gasteiger partial charge in [0.2, 0.25) is 0 Å². The summed E-state index contributed by atoms with van der Waals surface area (Å²) in [5, 5.41) is 0.705. The average molecular weight is 394 g/mol. The second kappa shape index (κ2) is 8.70. The van der Waals surface area contributed by atoms with Crippen LogP contribution in [0.3, 0.4) is 0 Å². The molecule has 0 unspecified atom stereocenters. The molecule has 6 heteroatoms. The maximum Gasteiger partial charge on any atom is 0.310 e. The van der Waals surface area contributed by atoms with E-state index in [9.17, 15) is 13.6 Å². The number of carbonyl (C=O) groups excluding carboxylic acids is 1. The van der Waals surface area contributed by atoms with Crippen LogP contribution in [0.2, 0.25) is 5.02 Å². The maximum absolute atomic E-state index is 14.5. The zero-order valence-electron chi connectivity index (χ0n) is 15.2. The van der Waals surface area contributed by atoms with Crippen LogP contribution in [0.4, 0.5) is 14.5 Å². The third kappa shape index (κ3) is 4.78. The highest BCUT2D eigenvalue weighted by atomic mass is 35.5. The zero-order chi connectivity index (χ0) is 19.4. The van der Waals surface area contributed by atoms with Crippen molar-refractivity contribution < 1.29 is 18.3 Å². The van der Waals surface area contributed by atoms with E-state index in [2.05, 4.69) is 0 Å². The van der Waals surface area contributed by atoms with Gasteiger partial charge in [-0.2, -0.15) is 0 Å². The number of piperidine rings is 1. The number of ether oxygens (including phenoxy) is 1. The lowest BCUT2D eigenvalue weighted by Gasteiger charge is -2.34. The summed E-state index contributed by atoms with van der Waals surface area (Å²) in [7, 11) is 0. The third-order valence-corrected chi connectivity index (χ3v) is 5.19. The van der Waals surface area contributed by atoms with Gasteiger partial charge in [0.05, 0.1) is 18.7 Å². The minimum absolute atomic E-state index is 0.0192. The summed E-state index contributed by atoms with van der Waals surface area (Å²) in [6.07, 6.45) is 1.44. The van der Waals surface area contributed by atoms with Crippen molar-refractivity contribution in [1.82, 2.24) is 0 Å². The highest BCUT2D eigenvalue weighted by Gasteiger charge is 2.24. The largest absolute Gasteiger partial charge is 0.466 e. The number of halogens is 3. The first-order chi connectivity index (χ1) is 13.0. The van der Waals surface area contributed by atoms with Crippen molar-refractivity contribution >= 4 is 23.3 Å². The Morgan fingerprint density at radius 1 is 1.15 bits per heavy atom. The molecule has 1 heterocycles. The van der Waals surface area contributed by atoms with Crippen LogP contribution >= 0.6 is 11.6 Å². The fourth-order valence-electron chi connectivity index (χ4n) is 3.51. The van der Waals surface area contributed by atoms with Crippen molar-refractivity contribution in [2.75, 3.05) is 24.6 Å². The van der Waals surface area contributed by atoms with Gasteiger partial charge in [-0.25, -0.2) is 8.78 Å². The zero-order valence-corrected chi connectivity index (χ0v) is 15.9. The van der Waals surface area contributed by atoms with Gasteiger partial charge in [0, 0.05) is 29.7 Å². The number of esters is 1. The summed E-state index contributed by atoms with van der Waals surface area (Å²) in [4.78, 5) is 13.4. The molecule has 27 heavy (non-hydrogen) atoms. The molecule has 0 radical (unpaired) electrons. The summed E-state index contributed by atoms with van der Waals surface area (Å²) >= 11 is 5.93. The van der Waals surface area contributed by atoms with Gasteiger partial charge < -0.3 is 9.64 Å². The van der Waals surface area contributed by atoms with E-state index in [0.29, 0.717) is 24.0 Å². The van der Waals surface area contributed by atoms with Crippen molar-refractivity contribution in [3.63, 3.8) is 0 Å². The van der Waals surface area contributed by atoms with E-state index in [-0.39, 0.29) is 24.3 Å². The minimum Gasteiger partial charge on any atom is -0.466 e. The minimum atomic E-state index is -0.584. The molecule has 0 amide bonds. The SMILES string of the molecule is CCOC(=O)Cc1cc(F)c(N2CCC(c3ccc(Cl)cc3)CC2)cc1F. The molecule has 3 rings (SSSR count). The molecule has 0 N–H and O–H groups in total. The number of anilines is 1. The summed E-state index contributed by atoms with van der Waals surface area (Å²) in [5.41, 5.74) is 1.48. The average Bonchev–Trinajstić information content (AvgIpc) is 2.65. The lowest BCUT2D eigenvalue weighted by atomic mass is 9.89. The van der Waals surface area contributed by atoms with Crippen molar-refractivity contribution in [3.05, 3.63) is 64.2 Å². The first-order valence-electron chi connectivity index (χ1n) is 9.12. The molecule has 1 saturated heterocycles. The molecule has 1 aliphatic heterocycles. The Morgan fingerprint density at radius 2 is 1.81 bits per heavy atom. The van der Waals surface area contributed by atoms with E-state index in [0.717, 1.165) is 18.9 Å². The summed E-state index contributed by atoms with van der Waals surface area (Å²) in [5.74, 6) is -1.28. The molecule has 2 aromatic carbocycles. The highest BCUT2D eigenvalue weighted by Crippen LogP contribution is 2.33. The van der Waals surface area contributed by atoms with Gasteiger partial charge in [0.15, 0.2) is 0 Å². The van der Waals surface area contributed by atoms with Crippen LogP contribution in [0.15, 0.2) is 36.4 Å². The summed E-state index contributed by atoms with van der Waals surface area (Å²) in [6.45, 7) is 3.16. The first kappa shape index (κ1) is 19.6. The van der Waals surface area contributed by atoms with Crippen LogP contribution < -0.4 is 4.90 Å². The van der Waals surface area contributed by atoms with E-state index in [1.54, 1.807) is 6.92 Å². The summed E-state index contributed by atoms with van der Waals surface area (Å²) in [6, 6.07) is 10.1.